The summed E-state index contributed by atoms with van der Waals surface area (Å²) >= 11 is 0. The first-order chi connectivity index (χ1) is 23.5. The van der Waals surface area contributed by atoms with Crippen molar-refractivity contribution in [3.8, 4) is 5.75 Å². The number of halogens is 3. The Bertz CT molecular complexity index is 1700. The fraction of sp³-hybridized carbons (Fsp3) is 0.590. The van der Waals surface area contributed by atoms with Crippen LogP contribution in [0, 0.1) is 33.5 Å². The molecule has 2 aromatic rings. The Kier molecular flexibility index (Phi) is 8.18. The van der Waals surface area contributed by atoms with Crippen molar-refractivity contribution in [2.75, 3.05) is 6.54 Å². The fourth-order valence-corrected chi connectivity index (χ4v) is 11.0. The third kappa shape index (κ3) is 5.24. The van der Waals surface area contributed by atoms with E-state index in [1.807, 2.05) is 13.8 Å². The number of alkyl halides is 3. The molecule has 3 saturated carbocycles. The van der Waals surface area contributed by atoms with Crippen LogP contribution >= 0.6 is 0 Å². The number of ketones is 1. The number of carbonyl (C=O) groups is 2. The number of hydrogen-bond donors (Lipinski definition) is 3. The molecule has 0 aliphatic heterocycles. The Balaban J connectivity index is 1.25. The van der Waals surface area contributed by atoms with Crippen LogP contribution in [0.3, 0.4) is 0 Å². The first kappa shape index (κ1) is 34.9. The quantitative estimate of drug-likeness (QED) is 0.194. The van der Waals surface area contributed by atoms with Crippen molar-refractivity contribution in [2.45, 2.75) is 103 Å². The predicted octanol–water partition coefficient (Wildman–Crippen LogP) is 7.57. The van der Waals surface area contributed by atoms with Gasteiger partial charge in [0.25, 0.3) is 0 Å². The average Bonchev–Trinajstić information content (AvgIpc) is 3.67. The van der Waals surface area contributed by atoms with Gasteiger partial charge in [-0.2, -0.15) is 0 Å². The van der Waals surface area contributed by atoms with Crippen molar-refractivity contribution in [3.63, 3.8) is 0 Å². The summed E-state index contributed by atoms with van der Waals surface area (Å²) in [6.07, 6.45) is 7.38. The standard InChI is InChI=1S/C39H47F3N2O6/c1-24(2)43-33(47)44(22-25-7-9-27(10-8-25)50-39(40,41)42)23-37(48)16-13-31-35(37,4)15-12-30-34(3)14-11-26(45)20-36(34)17-18-38(30,31)28(21-36)32(46)29-6-5-19-49-29/h5-10,17-19,21,24,26,30-31,45,48H,11-16,20,22-23H2,1-4H3,(H,43,47)/t26?,30-,31-,34-,35+,36+,37-,38-/m1/s1. The number of rotatable bonds is 8. The summed E-state index contributed by atoms with van der Waals surface area (Å²) in [4.78, 5) is 29.7. The highest BCUT2D eigenvalue weighted by Gasteiger charge is 2.74. The van der Waals surface area contributed by atoms with Gasteiger partial charge in [-0.1, -0.05) is 44.2 Å². The molecule has 2 amide bonds. The number of nitrogens with zero attached hydrogens (tertiary/aromatic N) is 1. The van der Waals surface area contributed by atoms with Crippen LogP contribution in [0.15, 0.2) is 70.9 Å². The minimum Gasteiger partial charge on any atom is -0.461 e. The minimum atomic E-state index is -4.82. The zero-order chi connectivity index (χ0) is 35.9. The number of Topliss-reactive ketones (excluding diaryl/α,β-unsaturated/α-hetero) is 1. The molecule has 6 aliphatic rings. The number of benzene rings is 1. The second kappa shape index (κ2) is 11.7. The van der Waals surface area contributed by atoms with Crippen LogP contribution in [0.5, 0.6) is 5.75 Å². The van der Waals surface area contributed by atoms with Crippen LogP contribution in [0.2, 0.25) is 0 Å². The largest absolute Gasteiger partial charge is 0.573 e. The van der Waals surface area contributed by atoms with Crippen LogP contribution in [0.1, 0.15) is 88.8 Å². The highest BCUT2D eigenvalue weighted by Crippen LogP contribution is 2.78. The lowest BCUT2D eigenvalue weighted by atomic mass is 9.32. The summed E-state index contributed by atoms with van der Waals surface area (Å²) < 4.78 is 48.1. The average molecular weight is 697 g/mol. The highest BCUT2D eigenvalue weighted by atomic mass is 19.4. The number of aliphatic hydroxyl groups is 2. The number of carbonyl (C=O) groups excluding carboxylic acids is 2. The summed E-state index contributed by atoms with van der Waals surface area (Å²) in [5, 5.41) is 26.7. The van der Waals surface area contributed by atoms with Gasteiger partial charge in [0.05, 0.1) is 24.5 Å². The van der Waals surface area contributed by atoms with Gasteiger partial charge in [-0.25, -0.2) is 4.79 Å². The van der Waals surface area contributed by atoms with Crippen molar-refractivity contribution >= 4 is 11.8 Å². The molecule has 0 radical (unpaired) electrons. The molecule has 1 aromatic carbocycles. The lowest BCUT2D eigenvalue weighted by molar-refractivity contribution is -0.274. The summed E-state index contributed by atoms with van der Waals surface area (Å²) in [5.74, 6) is -0.281. The van der Waals surface area contributed by atoms with E-state index in [4.69, 9.17) is 4.42 Å². The van der Waals surface area contributed by atoms with E-state index in [0.29, 0.717) is 43.2 Å². The maximum atomic E-state index is 14.4. The van der Waals surface area contributed by atoms with Gasteiger partial charge in [0.2, 0.25) is 5.78 Å². The molecule has 6 aliphatic carbocycles. The molecule has 8 rings (SSSR count). The van der Waals surface area contributed by atoms with E-state index < -0.39 is 34.3 Å². The second-order valence-corrected chi connectivity index (χ2v) is 16.3. The van der Waals surface area contributed by atoms with Crippen LogP contribution in [-0.2, 0) is 6.54 Å². The number of allylic oxidation sites excluding steroid dienone is 4. The minimum absolute atomic E-state index is 0.00237. The third-order valence-corrected chi connectivity index (χ3v) is 13.4. The van der Waals surface area contributed by atoms with Crippen LogP contribution in [0.4, 0.5) is 18.0 Å². The third-order valence-electron chi connectivity index (χ3n) is 13.4. The first-order valence-corrected chi connectivity index (χ1v) is 17.8. The molecule has 2 bridgehead atoms. The van der Waals surface area contributed by atoms with Gasteiger partial charge in [0.1, 0.15) is 5.75 Å². The smallest absolute Gasteiger partial charge is 0.461 e. The molecule has 11 heteroatoms. The Morgan fingerprint density at radius 3 is 2.36 bits per heavy atom. The predicted molar refractivity (Wildman–Crippen MR) is 179 cm³/mol. The molecule has 3 N–H and O–H groups in total. The van der Waals surface area contributed by atoms with Crippen LogP contribution in [0.25, 0.3) is 0 Å². The number of nitrogens with one attached hydrogen (secondary N) is 1. The molecule has 3 fully saturated rings. The van der Waals surface area contributed by atoms with Crippen molar-refractivity contribution in [3.05, 3.63) is 77.8 Å². The normalized spacial score (nSPS) is 37.1. The van der Waals surface area contributed by atoms with Gasteiger partial charge in [-0.15, -0.1) is 13.2 Å². The van der Waals surface area contributed by atoms with Gasteiger partial charge in [-0.3, -0.25) is 4.79 Å². The Hall–Kier alpha value is -3.57. The molecule has 270 valence electrons. The zero-order valence-corrected chi connectivity index (χ0v) is 29.1. The molecular formula is C39H47F3N2O6. The van der Waals surface area contributed by atoms with E-state index in [2.05, 4.69) is 42.1 Å². The number of urea groups is 1. The number of hydrogen-bond acceptors (Lipinski definition) is 6. The second-order valence-electron chi connectivity index (χ2n) is 16.3. The van der Waals surface area contributed by atoms with Gasteiger partial charge in [0, 0.05) is 34.4 Å². The van der Waals surface area contributed by atoms with Crippen LogP contribution in [-0.4, -0.2) is 57.6 Å². The summed E-state index contributed by atoms with van der Waals surface area (Å²) in [7, 11) is 0. The maximum absolute atomic E-state index is 14.4. The molecular weight excluding hydrogens is 649 g/mol. The summed E-state index contributed by atoms with van der Waals surface area (Å²) in [6.45, 7) is 8.17. The molecule has 50 heavy (non-hydrogen) atoms. The Labute approximate surface area is 290 Å². The van der Waals surface area contributed by atoms with Gasteiger partial charge in [-0.05, 0) is 106 Å². The molecule has 1 aromatic heterocycles. The fourth-order valence-electron chi connectivity index (χ4n) is 11.0. The number of aliphatic hydroxyl groups excluding tert-OH is 1. The van der Waals surface area contributed by atoms with E-state index in [0.717, 1.165) is 12.8 Å². The number of ether oxygens (including phenoxy) is 1. The SMILES string of the molecule is CC(C)NC(=O)N(Cc1ccc(OC(F)(F)F)cc1)C[C@]1(O)CC[C@H]2[C@]34C=C[C@@]5(C=C3C(=O)c3ccco3)CC(O)CC[C@]5(C)[C@H]4CC[C@@]21C. The number of amides is 2. The Morgan fingerprint density at radius 2 is 1.70 bits per heavy atom. The molecule has 0 saturated heterocycles. The highest BCUT2D eigenvalue weighted by molar-refractivity contribution is 6.08. The van der Waals surface area contributed by atoms with E-state index in [9.17, 15) is 33.0 Å². The van der Waals surface area contributed by atoms with Crippen molar-refractivity contribution in [1.29, 1.82) is 0 Å². The topological polar surface area (TPSA) is 112 Å². The summed E-state index contributed by atoms with van der Waals surface area (Å²) in [6, 6.07) is 8.24. The molecule has 1 heterocycles. The summed E-state index contributed by atoms with van der Waals surface area (Å²) in [5.41, 5.74) is -2.09. The first-order valence-electron chi connectivity index (χ1n) is 17.8. The van der Waals surface area contributed by atoms with Crippen molar-refractivity contribution < 1.29 is 42.1 Å². The van der Waals surface area contributed by atoms with E-state index in [1.165, 1.54) is 30.5 Å². The monoisotopic (exact) mass is 696 g/mol. The molecule has 2 spiro atoms. The van der Waals surface area contributed by atoms with Gasteiger partial charge in [0.15, 0.2) is 5.76 Å². The lowest BCUT2D eigenvalue weighted by Crippen LogP contribution is -2.67. The van der Waals surface area contributed by atoms with Gasteiger partial charge >= 0.3 is 12.4 Å². The van der Waals surface area contributed by atoms with Crippen LogP contribution < -0.4 is 10.1 Å². The van der Waals surface area contributed by atoms with Gasteiger partial charge < -0.3 is 29.6 Å². The zero-order valence-electron chi connectivity index (χ0n) is 29.1. The van der Waals surface area contributed by atoms with Crippen molar-refractivity contribution in [2.24, 2.45) is 33.5 Å². The number of fused-ring (bicyclic) bond motifs is 1. The number of furan rings is 1. The molecule has 8 nitrogen and oxygen atoms in total. The lowest BCUT2D eigenvalue weighted by Gasteiger charge is -2.71. The Morgan fingerprint density at radius 1 is 1.02 bits per heavy atom. The van der Waals surface area contributed by atoms with E-state index in [-0.39, 0.29) is 59.7 Å². The van der Waals surface area contributed by atoms with E-state index in [1.54, 1.807) is 17.0 Å². The molecule has 1 unspecified atom stereocenters. The van der Waals surface area contributed by atoms with E-state index >= 15 is 0 Å². The molecule has 8 atom stereocenters. The maximum Gasteiger partial charge on any atom is 0.573 e. The van der Waals surface area contributed by atoms with Crippen molar-refractivity contribution in [1.82, 2.24) is 10.2 Å².